The van der Waals surface area contributed by atoms with Crippen molar-refractivity contribution < 1.29 is 14.3 Å². The molecule has 1 aliphatic carbocycles. The van der Waals surface area contributed by atoms with Crippen molar-refractivity contribution in [2.45, 2.75) is 51.2 Å². The molecule has 0 saturated heterocycles. The normalized spacial score (nSPS) is 17.6. The Labute approximate surface area is 184 Å². The standard InChI is InChI=1S/C27H29NO3/c1-27(2,3)31-26(29)28-25-18-20-9-7-8-12-23(20)24(25)17-19-13-15-22(16-14-19)30-21-10-5-4-6-11-21/h4-16,24-25H,17-18H2,1-3H3,(H,28,29)/t24-,25+/m1/s1. The summed E-state index contributed by atoms with van der Waals surface area (Å²) < 4.78 is 11.4. The molecule has 2 atom stereocenters. The van der Waals surface area contributed by atoms with Gasteiger partial charge in [-0.3, -0.25) is 0 Å². The van der Waals surface area contributed by atoms with Crippen molar-refractivity contribution in [1.29, 1.82) is 0 Å². The Morgan fingerprint density at radius 2 is 1.55 bits per heavy atom. The molecule has 1 amide bonds. The summed E-state index contributed by atoms with van der Waals surface area (Å²) in [5.41, 5.74) is 3.28. The zero-order valence-corrected chi connectivity index (χ0v) is 18.3. The highest BCUT2D eigenvalue weighted by atomic mass is 16.6. The minimum Gasteiger partial charge on any atom is -0.457 e. The second-order valence-corrected chi connectivity index (χ2v) is 9.03. The van der Waals surface area contributed by atoms with E-state index in [-0.39, 0.29) is 18.1 Å². The number of carbonyl (C=O) groups excluding carboxylic acids is 1. The second-order valence-electron chi connectivity index (χ2n) is 9.03. The lowest BCUT2D eigenvalue weighted by molar-refractivity contribution is 0.0499. The molecule has 0 aromatic heterocycles. The Morgan fingerprint density at radius 3 is 2.26 bits per heavy atom. The van der Waals surface area contributed by atoms with Gasteiger partial charge in [-0.2, -0.15) is 0 Å². The van der Waals surface area contributed by atoms with Gasteiger partial charge in [-0.05, 0) is 74.6 Å². The van der Waals surface area contributed by atoms with Crippen molar-refractivity contribution in [2.75, 3.05) is 0 Å². The molecule has 0 saturated carbocycles. The molecule has 0 radical (unpaired) electrons. The lowest BCUT2D eigenvalue weighted by atomic mass is 9.91. The fraction of sp³-hybridized carbons (Fsp3) is 0.296. The van der Waals surface area contributed by atoms with Crippen molar-refractivity contribution in [3.8, 4) is 11.5 Å². The van der Waals surface area contributed by atoms with E-state index in [4.69, 9.17) is 9.47 Å². The first kappa shape index (κ1) is 21.0. The third-order valence-electron chi connectivity index (χ3n) is 5.44. The SMILES string of the molecule is CC(C)(C)OC(=O)N[C@H]1Cc2ccccc2[C@H]1Cc1ccc(Oc2ccccc2)cc1. The molecule has 0 fully saturated rings. The van der Waals surface area contributed by atoms with E-state index in [0.717, 1.165) is 24.3 Å². The summed E-state index contributed by atoms with van der Waals surface area (Å²) in [5.74, 6) is 1.83. The van der Waals surface area contributed by atoms with Gasteiger partial charge >= 0.3 is 6.09 Å². The first-order chi connectivity index (χ1) is 14.9. The summed E-state index contributed by atoms with van der Waals surface area (Å²) in [7, 11) is 0. The van der Waals surface area contributed by atoms with E-state index in [9.17, 15) is 4.79 Å². The van der Waals surface area contributed by atoms with Gasteiger partial charge in [0.15, 0.2) is 0 Å². The molecule has 3 aromatic rings. The Morgan fingerprint density at radius 1 is 0.903 bits per heavy atom. The smallest absolute Gasteiger partial charge is 0.407 e. The third-order valence-corrected chi connectivity index (χ3v) is 5.44. The van der Waals surface area contributed by atoms with E-state index >= 15 is 0 Å². The van der Waals surface area contributed by atoms with Gasteiger partial charge in [0.1, 0.15) is 17.1 Å². The molecule has 31 heavy (non-hydrogen) atoms. The van der Waals surface area contributed by atoms with E-state index < -0.39 is 5.60 Å². The highest BCUT2D eigenvalue weighted by molar-refractivity contribution is 5.68. The van der Waals surface area contributed by atoms with Crippen LogP contribution < -0.4 is 10.1 Å². The molecular formula is C27H29NO3. The second kappa shape index (κ2) is 8.84. The first-order valence-corrected chi connectivity index (χ1v) is 10.8. The van der Waals surface area contributed by atoms with E-state index in [1.165, 1.54) is 16.7 Å². The summed E-state index contributed by atoms with van der Waals surface area (Å²) in [6.45, 7) is 5.64. The van der Waals surface area contributed by atoms with Crippen molar-refractivity contribution in [2.24, 2.45) is 0 Å². The molecule has 0 aliphatic heterocycles. The number of alkyl carbamates (subject to hydrolysis) is 1. The largest absolute Gasteiger partial charge is 0.457 e. The average molecular weight is 416 g/mol. The quantitative estimate of drug-likeness (QED) is 0.535. The maximum atomic E-state index is 12.4. The molecule has 160 valence electrons. The van der Waals surface area contributed by atoms with E-state index in [1.54, 1.807) is 0 Å². The van der Waals surface area contributed by atoms with Gasteiger partial charge in [-0.25, -0.2) is 4.79 Å². The van der Waals surface area contributed by atoms with Crippen LogP contribution in [0.15, 0.2) is 78.9 Å². The molecule has 4 nitrogen and oxygen atoms in total. The van der Waals surface area contributed by atoms with Gasteiger partial charge in [0, 0.05) is 12.0 Å². The molecule has 0 spiro atoms. The van der Waals surface area contributed by atoms with Crippen molar-refractivity contribution in [1.82, 2.24) is 5.32 Å². The number of nitrogens with one attached hydrogen (secondary N) is 1. The van der Waals surface area contributed by atoms with Crippen LogP contribution in [0.4, 0.5) is 4.79 Å². The zero-order chi connectivity index (χ0) is 21.8. The fourth-order valence-electron chi connectivity index (χ4n) is 4.11. The van der Waals surface area contributed by atoms with Crippen LogP contribution in [0.1, 0.15) is 43.4 Å². The Bertz CT molecular complexity index is 1020. The topological polar surface area (TPSA) is 47.6 Å². The number of amides is 1. The molecule has 1 N–H and O–H groups in total. The highest BCUT2D eigenvalue weighted by Crippen LogP contribution is 2.36. The maximum Gasteiger partial charge on any atom is 0.407 e. The van der Waals surface area contributed by atoms with Gasteiger partial charge in [0.25, 0.3) is 0 Å². The van der Waals surface area contributed by atoms with E-state index in [0.29, 0.717) is 0 Å². The minimum absolute atomic E-state index is 0.00694. The molecule has 0 heterocycles. The molecule has 4 rings (SSSR count). The number of benzene rings is 3. The molecule has 0 bridgehead atoms. The number of carbonyl (C=O) groups is 1. The molecule has 4 heteroatoms. The number of fused-ring (bicyclic) bond motifs is 1. The summed E-state index contributed by atoms with van der Waals surface area (Å²) in [4.78, 5) is 12.4. The summed E-state index contributed by atoms with van der Waals surface area (Å²) in [5, 5.41) is 3.11. The van der Waals surface area contributed by atoms with Crippen molar-refractivity contribution in [3.05, 3.63) is 95.6 Å². The first-order valence-electron chi connectivity index (χ1n) is 10.8. The van der Waals surface area contributed by atoms with Gasteiger partial charge < -0.3 is 14.8 Å². The van der Waals surface area contributed by atoms with Gasteiger partial charge in [-0.1, -0.05) is 54.6 Å². The van der Waals surface area contributed by atoms with Crippen LogP contribution in [-0.4, -0.2) is 17.7 Å². The molecule has 3 aromatic carbocycles. The van der Waals surface area contributed by atoms with Crippen LogP contribution in [0.3, 0.4) is 0 Å². The summed E-state index contributed by atoms with van der Waals surface area (Å²) >= 11 is 0. The predicted molar refractivity (Wildman–Crippen MR) is 123 cm³/mol. The number of hydrogen-bond acceptors (Lipinski definition) is 3. The lowest BCUT2D eigenvalue weighted by Crippen LogP contribution is -2.41. The number of rotatable bonds is 5. The molecule has 1 aliphatic rings. The van der Waals surface area contributed by atoms with Crippen LogP contribution in [0.2, 0.25) is 0 Å². The number of ether oxygens (including phenoxy) is 2. The lowest BCUT2D eigenvalue weighted by Gasteiger charge is -2.25. The monoisotopic (exact) mass is 415 g/mol. The number of para-hydroxylation sites is 1. The van der Waals surface area contributed by atoms with Gasteiger partial charge in [0.2, 0.25) is 0 Å². The van der Waals surface area contributed by atoms with Crippen molar-refractivity contribution >= 4 is 6.09 Å². The summed E-state index contributed by atoms with van der Waals surface area (Å²) in [6, 6.07) is 26.4. The van der Waals surface area contributed by atoms with Crippen molar-refractivity contribution in [3.63, 3.8) is 0 Å². The highest BCUT2D eigenvalue weighted by Gasteiger charge is 2.34. The Hall–Kier alpha value is -3.27. The van der Waals surface area contributed by atoms with Crippen LogP contribution >= 0.6 is 0 Å². The Balaban J connectivity index is 1.48. The summed E-state index contributed by atoms with van der Waals surface area (Å²) in [6.07, 6.45) is 1.29. The van der Waals surface area contributed by atoms with E-state index in [2.05, 4.69) is 41.7 Å². The van der Waals surface area contributed by atoms with E-state index in [1.807, 2.05) is 63.2 Å². The fourth-order valence-corrected chi connectivity index (χ4v) is 4.11. The average Bonchev–Trinajstić information content (AvgIpc) is 3.06. The zero-order valence-electron chi connectivity index (χ0n) is 18.3. The van der Waals surface area contributed by atoms with Crippen LogP contribution in [0.5, 0.6) is 11.5 Å². The predicted octanol–water partition coefficient (Wildman–Crippen LogP) is 6.25. The Kier molecular flexibility index (Phi) is 5.99. The number of hydrogen-bond donors (Lipinski definition) is 1. The third kappa shape index (κ3) is 5.46. The molecule has 0 unspecified atom stereocenters. The maximum absolute atomic E-state index is 12.4. The van der Waals surface area contributed by atoms with Crippen LogP contribution in [-0.2, 0) is 17.6 Å². The molecular weight excluding hydrogens is 386 g/mol. The van der Waals surface area contributed by atoms with Crippen LogP contribution in [0, 0.1) is 0 Å². The minimum atomic E-state index is -0.514. The van der Waals surface area contributed by atoms with Gasteiger partial charge in [0.05, 0.1) is 0 Å². The van der Waals surface area contributed by atoms with Crippen LogP contribution in [0.25, 0.3) is 0 Å². The van der Waals surface area contributed by atoms with Gasteiger partial charge in [-0.15, -0.1) is 0 Å².